The fraction of sp³-hybridized carbons (Fsp3) is 0. The van der Waals surface area contributed by atoms with E-state index in [0.717, 1.165) is 55.8 Å². The zero-order chi connectivity index (χ0) is 26.5. The number of thiophene rings is 1. The van der Waals surface area contributed by atoms with E-state index in [1.165, 1.54) is 20.2 Å². The van der Waals surface area contributed by atoms with Gasteiger partial charge in [0.1, 0.15) is 11.4 Å². The van der Waals surface area contributed by atoms with Gasteiger partial charge in [0.25, 0.3) is 0 Å². The first-order valence-corrected chi connectivity index (χ1v) is 14.0. The van der Waals surface area contributed by atoms with Crippen LogP contribution < -0.4 is 0 Å². The normalized spacial score (nSPS) is 11.5. The van der Waals surface area contributed by atoms with Crippen molar-refractivity contribution in [1.29, 1.82) is 0 Å². The Morgan fingerprint density at radius 1 is 0.550 bits per heavy atom. The fourth-order valence-electron chi connectivity index (χ4n) is 5.68. The average Bonchev–Trinajstić information content (AvgIpc) is 3.63. The Bertz CT molecular complexity index is 2160. The third-order valence-corrected chi connectivity index (χ3v) is 8.62. The first kappa shape index (κ1) is 22.8. The van der Waals surface area contributed by atoms with Crippen molar-refractivity contribution in [2.24, 2.45) is 0 Å². The molecule has 0 fully saturated rings. The lowest BCUT2D eigenvalue weighted by Gasteiger charge is -2.16. The van der Waals surface area contributed by atoms with Crippen molar-refractivity contribution in [2.75, 3.05) is 0 Å². The molecule has 8 aromatic rings. The molecule has 188 valence electrons. The molecule has 0 amide bonds. The summed E-state index contributed by atoms with van der Waals surface area (Å²) >= 11 is 1.82. The first-order chi connectivity index (χ1) is 19.8. The Hall–Kier alpha value is -5.13. The van der Waals surface area contributed by atoms with Crippen LogP contribution in [0.25, 0.3) is 76.0 Å². The van der Waals surface area contributed by atoms with Crippen molar-refractivity contribution in [3.05, 3.63) is 127 Å². The highest BCUT2D eigenvalue weighted by Gasteiger charge is 2.22. The molecule has 0 radical (unpaired) electrons. The zero-order valence-electron chi connectivity index (χ0n) is 21.4. The van der Waals surface area contributed by atoms with E-state index in [1.807, 2.05) is 35.6 Å². The molecule has 0 aliphatic heterocycles. The molecule has 3 heterocycles. The van der Waals surface area contributed by atoms with Crippen LogP contribution in [0.5, 0.6) is 0 Å². The molecule has 0 atom stereocenters. The summed E-state index contributed by atoms with van der Waals surface area (Å²) in [6, 6.07) is 44.4. The maximum atomic E-state index is 4.68. The number of hydrogen-bond donors (Lipinski definition) is 1. The lowest BCUT2D eigenvalue weighted by molar-refractivity contribution is 0.877. The third-order valence-electron chi connectivity index (χ3n) is 7.48. The summed E-state index contributed by atoms with van der Waals surface area (Å²) < 4.78 is 2.55. The Morgan fingerprint density at radius 2 is 1.23 bits per heavy atom. The first-order valence-electron chi connectivity index (χ1n) is 13.2. The van der Waals surface area contributed by atoms with Crippen LogP contribution in [-0.2, 0) is 0 Å². The van der Waals surface area contributed by atoms with Crippen LogP contribution in [0.15, 0.2) is 127 Å². The third kappa shape index (κ3) is 3.63. The molecule has 0 saturated heterocycles. The second-order valence-corrected chi connectivity index (χ2v) is 10.9. The topological polar surface area (TPSA) is 54.5 Å². The maximum absolute atomic E-state index is 4.68. The minimum atomic E-state index is 0.779. The number of aromatic nitrogens is 4. The quantitative estimate of drug-likeness (QED) is 0.247. The van der Waals surface area contributed by atoms with Crippen molar-refractivity contribution in [3.8, 4) is 44.9 Å². The highest BCUT2D eigenvalue weighted by Crippen LogP contribution is 2.43. The molecule has 1 N–H and O–H groups in total. The monoisotopic (exact) mass is 530 g/mol. The van der Waals surface area contributed by atoms with E-state index in [-0.39, 0.29) is 0 Å². The number of rotatable bonds is 4. The summed E-state index contributed by atoms with van der Waals surface area (Å²) in [6.45, 7) is 0. The smallest absolute Gasteiger partial charge is 0.121 e. The molecular weight excluding hydrogens is 508 g/mol. The van der Waals surface area contributed by atoms with Crippen molar-refractivity contribution in [2.45, 2.75) is 0 Å². The number of fused-ring (bicyclic) bond motifs is 5. The number of H-pyrrole nitrogens is 1. The van der Waals surface area contributed by atoms with Crippen molar-refractivity contribution < 1.29 is 0 Å². The second-order valence-electron chi connectivity index (χ2n) is 9.82. The average molecular weight is 531 g/mol. The minimum absolute atomic E-state index is 0.779. The summed E-state index contributed by atoms with van der Waals surface area (Å²) in [7, 11) is 0. The highest BCUT2D eigenvalue weighted by molar-refractivity contribution is 7.26. The van der Waals surface area contributed by atoms with Gasteiger partial charge in [-0.1, -0.05) is 109 Å². The van der Waals surface area contributed by atoms with E-state index < -0.39 is 0 Å². The van der Waals surface area contributed by atoms with Crippen LogP contribution in [-0.4, -0.2) is 20.4 Å². The highest BCUT2D eigenvalue weighted by atomic mass is 32.1. The van der Waals surface area contributed by atoms with Gasteiger partial charge in [0.05, 0.1) is 11.2 Å². The van der Waals surface area contributed by atoms with E-state index in [2.05, 4.69) is 124 Å². The SMILES string of the molecule is c1ccc(-c2ccccc2-c2c(-c3ccccc3)nnnc2-c2cc3ccc4sc5ccccc5c4c3[nH]2)cc1. The molecule has 0 unspecified atom stereocenters. The van der Waals surface area contributed by atoms with Crippen molar-refractivity contribution in [1.82, 2.24) is 20.4 Å². The number of nitrogens with zero attached hydrogens (tertiary/aromatic N) is 3. The Labute approximate surface area is 234 Å². The van der Waals surface area contributed by atoms with Gasteiger partial charge in [-0.2, -0.15) is 0 Å². The van der Waals surface area contributed by atoms with Gasteiger partial charge in [0.15, 0.2) is 0 Å². The van der Waals surface area contributed by atoms with E-state index >= 15 is 0 Å². The largest absolute Gasteiger partial charge is 0.353 e. The molecule has 0 spiro atoms. The van der Waals surface area contributed by atoms with Gasteiger partial charge < -0.3 is 4.98 Å². The van der Waals surface area contributed by atoms with E-state index in [1.54, 1.807) is 0 Å². The number of nitrogens with one attached hydrogen (secondary N) is 1. The Kier molecular flexibility index (Phi) is 5.28. The molecule has 8 rings (SSSR count). The molecular formula is C35H22N4S. The van der Waals surface area contributed by atoms with Gasteiger partial charge in [0.2, 0.25) is 0 Å². The van der Waals surface area contributed by atoms with Crippen LogP contribution in [0.1, 0.15) is 0 Å². The van der Waals surface area contributed by atoms with E-state index in [4.69, 9.17) is 0 Å². The van der Waals surface area contributed by atoms with Gasteiger partial charge in [-0.3, -0.25) is 0 Å². The number of aromatic amines is 1. The summed E-state index contributed by atoms with van der Waals surface area (Å²) in [6.07, 6.45) is 0. The van der Waals surface area contributed by atoms with Crippen LogP contribution in [0, 0.1) is 0 Å². The molecule has 0 aliphatic carbocycles. The minimum Gasteiger partial charge on any atom is -0.353 e. The van der Waals surface area contributed by atoms with Gasteiger partial charge in [-0.05, 0) is 40.1 Å². The summed E-state index contributed by atoms with van der Waals surface area (Å²) in [5.41, 5.74) is 8.91. The molecule has 0 bridgehead atoms. The molecule has 0 aliphatic rings. The van der Waals surface area contributed by atoms with E-state index in [0.29, 0.717) is 0 Å². The van der Waals surface area contributed by atoms with Gasteiger partial charge in [-0.25, -0.2) is 0 Å². The molecule has 0 saturated carbocycles. The van der Waals surface area contributed by atoms with E-state index in [9.17, 15) is 0 Å². The second kappa shape index (κ2) is 9.26. The predicted molar refractivity (Wildman–Crippen MR) is 166 cm³/mol. The van der Waals surface area contributed by atoms with Crippen LogP contribution in [0.3, 0.4) is 0 Å². The molecule has 40 heavy (non-hydrogen) atoms. The Balaban J connectivity index is 1.44. The molecule has 3 aromatic heterocycles. The Morgan fingerprint density at radius 3 is 2.05 bits per heavy atom. The van der Waals surface area contributed by atoms with Crippen molar-refractivity contribution in [3.63, 3.8) is 0 Å². The van der Waals surface area contributed by atoms with Gasteiger partial charge in [-0.15, -0.1) is 21.5 Å². The van der Waals surface area contributed by atoms with Crippen LogP contribution in [0.4, 0.5) is 0 Å². The lowest BCUT2D eigenvalue weighted by Crippen LogP contribution is -2.01. The summed E-state index contributed by atoms with van der Waals surface area (Å²) in [5, 5.41) is 17.2. The molecule has 5 heteroatoms. The number of hydrogen-bond acceptors (Lipinski definition) is 4. The van der Waals surface area contributed by atoms with Gasteiger partial charge in [0, 0.05) is 36.7 Å². The van der Waals surface area contributed by atoms with Gasteiger partial charge >= 0.3 is 0 Å². The maximum Gasteiger partial charge on any atom is 0.121 e. The zero-order valence-corrected chi connectivity index (χ0v) is 22.2. The summed E-state index contributed by atoms with van der Waals surface area (Å²) in [5.74, 6) is 0. The number of benzene rings is 5. The summed E-state index contributed by atoms with van der Waals surface area (Å²) in [4.78, 5) is 3.76. The van der Waals surface area contributed by atoms with Crippen LogP contribution >= 0.6 is 11.3 Å². The predicted octanol–water partition coefficient (Wildman–Crippen LogP) is 9.39. The lowest BCUT2D eigenvalue weighted by atomic mass is 9.90. The molecule has 4 nitrogen and oxygen atoms in total. The van der Waals surface area contributed by atoms with Crippen molar-refractivity contribution >= 4 is 42.4 Å². The molecule has 5 aromatic carbocycles. The fourth-order valence-corrected chi connectivity index (χ4v) is 6.79. The standard InChI is InChI=1S/C35H22N4S/c1-3-11-22(12-4-1)25-15-7-8-16-26(25)32-34(23-13-5-2-6-14-23)37-39-38-35(32)28-21-24-19-20-30-31(33(24)36-28)27-17-9-10-18-29(27)40-30/h1-21,36H. The van der Waals surface area contributed by atoms with Crippen LogP contribution in [0.2, 0.25) is 0 Å².